The van der Waals surface area contributed by atoms with Crippen molar-refractivity contribution >= 4 is 18.1 Å². The number of carbonyl (C=O) groups is 3. The molecular formula is C27H36NO13-. The van der Waals surface area contributed by atoms with Gasteiger partial charge in [-0.05, 0) is 36.7 Å². The minimum atomic E-state index is -1.51. The van der Waals surface area contributed by atoms with E-state index in [1.807, 2.05) is 13.8 Å². The summed E-state index contributed by atoms with van der Waals surface area (Å²) in [7, 11) is 0. The molecule has 9 atom stereocenters. The van der Waals surface area contributed by atoms with E-state index in [-0.39, 0.29) is 41.5 Å². The molecule has 0 bridgehead atoms. The number of carboxylic acids is 1. The number of carboxylic acid groups (broad SMARTS) is 1. The van der Waals surface area contributed by atoms with Crippen molar-refractivity contribution in [3.63, 3.8) is 0 Å². The first kappa shape index (κ1) is 28.8. The number of fused-ring (bicyclic) bond motifs is 4. The SMILES string of the molecule is CC(C)[C@]12O[C@H]1[C@@H]1O[C@]13[C@]1(O[C@H]1C[C@H]1C4=C(CC[C@@]13C)C(=O)OC4)[C@@H]2OC(=O)OCC(=O)[O-].NC(CO)(CO)CO. The lowest BCUT2D eigenvalue weighted by molar-refractivity contribution is -0.308. The number of epoxide rings is 3. The first-order chi connectivity index (χ1) is 19.3. The molecule has 41 heavy (non-hydrogen) atoms. The second-order valence-corrected chi connectivity index (χ2v) is 12.8. The van der Waals surface area contributed by atoms with Gasteiger partial charge in [-0.2, -0.15) is 0 Å². The van der Waals surface area contributed by atoms with Crippen molar-refractivity contribution in [2.24, 2.45) is 23.0 Å². The van der Waals surface area contributed by atoms with Gasteiger partial charge in [0.2, 0.25) is 0 Å². The number of aliphatic hydroxyl groups is 3. The molecule has 0 aromatic heterocycles. The maximum atomic E-state index is 12.5. The maximum absolute atomic E-state index is 12.5. The molecule has 5 N–H and O–H groups in total. The van der Waals surface area contributed by atoms with E-state index >= 15 is 0 Å². The summed E-state index contributed by atoms with van der Waals surface area (Å²) in [4.78, 5) is 35.5. The molecule has 0 aromatic rings. The highest BCUT2D eigenvalue weighted by molar-refractivity contribution is 5.92. The van der Waals surface area contributed by atoms with Crippen LogP contribution in [-0.2, 0) is 38.0 Å². The molecule has 0 aromatic carbocycles. The van der Waals surface area contributed by atoms with Gasteiger partial charge in [-0.3, -0.25) is 0 Å². The summed E-state index contributed by atoms with van der Waals surface area (Å²) in [5, 5.41) is 35.8. The van der Waals surface area contributed by atoms with E-state index in [1.165, 1.54) is 0 Å². The smallest absolute Gasteiger partial charge is 0.509 e. The number of rotatable bonds is 7. The molecule has 4 heterocycles. The van der Waals surface area contributed by atoms with E-state index in [4.69, 9.17) is 49.5 Å². The van der Waals surface area contributed by atoms with Crippen LogP contribution in [0.5, 0.6) is 0 Å². The predicted molar refractivity (Wildman–Crippen MR) is 130 cm³/mol. The van der Waals surface area contributed by atoms with Crippen molar-refractivity contribution in [1.82, 2.24) is 0 Å². The maximum Gasteiger partial charge on any atom is 0.509 e. The first-order valence-electron chi connectivity index (χ1n) is 13.9. The molecule has 5 fully saturated rings. The van der Waals surface area contributed by atoms with Crippen LogP contribution in [0.4, 0.5) is 4.79 Å². The number of carbonyl (C=O) groups excluding carboxylic acids is 3. The monoisotopic (exact) mass is 582 g/mol. The van der Waals surface area contributed by atoms with Crippen molar-refractivity contribution in [1.29, 1.82) is 0 Å². The molecule has 3 aliphatic carbocycles. The van der Waals surface area contributed by atoms with Crippen molar-refractivity contribution in [3.05, 3.63) is 11.1 Å². The fraction of sp³-hybridized carbons (Fsp3) is 0.815. The van der Waals surface area contributed by atoms with Gasteiger partial charge in [0.15, 0.2) is 11.7 Å². The molecule has 2 saturated carbocycles. The van der Waals surface area contributed by atoms with E-state index in [1.54, 1.807) is 0 Å². The molecule has 7 rings (SSSR count). The molecule has 4 aliphatic heterocycles. The molecule has 2 spiro atoms. The summed E-state index contributed by atoms with van der Waals surface area (Å²) in [5.41, 5.74) is 3.00. The quantitative estimate of drug-likeness (QED) is 0.183. The molecule has 228 valence electrons. The van der Waals surface area contributed by atoms with Gasteiger partial charge in [0.1, 0.15) is 36.6 Å². The van der Waals surface area contributed by atoms with Gasteiger partial charge in [-0.15, -0.1) is 0 Å². The number of cyclic esters (lactones) is 1. The van der Waals surface area contributed by atoms with Gasteiger partial charge < -0.3 is 59.4 Å². The third-order valence-electron chi connectivity index (χ3n) is 10.5. The van der Waals surface area contributed by atoms with Crippen molar-refractivity contribution in [3.8, 4) is 0 Å². The largest absolute Gasteiger partial charge is 0.546 e. The summed E-state index contributed by atoms with van der Waals surface area (Å²) >= 11 is 0. The van der Waals surface area contributed by atoms with Crippen LogP contribution in [0.25, 0.3) is 0 Å². The number of nitrogens with two attached hydrogens (primary N) is 1. The van der Waals surface area contributed by atoms with Crippen LogP contribution in [0, 0.1) is 17.3 Å². The third-order valence-corrected chi connectivity index (χ3v) is 10.5. The number of ether oxygens (including phenoxy) is 6. The van der Waals surface area contributed by atoms with Gasteiger partial charge in [-0.25, -0.2) is 9.59 Å². The van der Waals surface area contributed by atoms with Gasteiger partial charge in [0.05, 0.1) is 37.4 Å². The minimum absolute atomic E-state index is 0.00471. The fourth-order valence-corrected chi connectivity index (χ4v) is 8.24. The summed E-state index contributed by atoms with van der Waals surface area (Å²) in [6.07, 6.45) is -0.603. The molecule has 14 heteroatoms. The average molecular weight is 583 g/mol. The zero-order chi connectivity index (χ0) is 29.8. The molecule has 3 saturated heterocycles. The first-order valence-corrected chi connectivity index (χ1v) is 13.9. The van der Waals surface area contributed by atoms with Gasteiger partial charge in [-0.1, -0.05) is 20.8 Å². The third kappa shape index (κ3) is 3.58. The van der Waals surface area contributed by atoms with E-state index in [9.17, 15) is 19.5 Å². The van der Waals surface area contributed by atoms with Crippen LogP contribution in [0.2, 0.25) is 0 Å². The number of hydrogen-bond acceptors (Lipinski definition) is 14. The zero-order valence-electron chi connectivity index (χ0n) is 23.1. The van der Waals surface area contributed by atoms with Crippen LogP contribution in [0.3, 0.4) is 0 Å². The van der Waals surface area contributed by atoms with Crippen LogP contribution >= 0.6 is 0 Å². The Kier molecular flexibility index (Phi) is 6.38. The second-order valence-electron chi connectivity index (χ2n) is 12.8. The van der Waals surface area contributed by atoms with Crippen molar-refractivity contribution in [2.75, 3.05) is 33.0 Å². The van der Waals surface area contributed by atoms with Crippen LogP contribution in [0.1, 0.15) is 40.0 Å². The molecular weight excluding hydrogens is 546 g/mol. The molecule has 7 aliphatic rings. The Hall–Kier alpha value is -2.33. The van der Waals surface area contributed by atoms with Gasteiger partial charge in [0.25, 0.3) is 0 Å². The zero-order valence-corrected chi connectivity index (χ0v) is 23.1. The Morgan fingerprint density at radius 3 is 2.41 bits per heavy atom. The highest BCUT2D eigenvalue weighted by Crippen LogP contribution is 2.83. The van der Waals surface area contributed by atoms with Crippen molar-refractivity contribution in [2.45, 2.75) is 86.8 Å². The summed E-state index contributed by atoms with van der Waals surface area (Å²) in [6, 6.07) is 0. The second kappa shape index (κ2) is 9.09. The molecule has 14 nitrogen and oxygen atoms in total. The number of aliphatic hydroxyl groups excluding tert-OH is 3. The summed E-state index contributed by atoms with van der Waals surface area (Å²) < 4.78 is 35.2. The van der Waals surface area contributed by atoms with Crippen molar-refractivity contribution < 1.29 is 63.2 Å². The van der Waals surface area contributed by atoms with E-state index < -0.39 is 67.0 Å². The Morgan fingerprint density at radius 2 is 1.83 bits per heavy atom. The average Bonchev–Trinajstić information content (AvgIpc) is 3.86. The molecule has 0 unspecified atom stereocenters. The fourth-order valence-electron chi connectivity index (χ4n) is 8.24. The summed E-state index contributed by atoms with van der Waals surface area (Å²) in [6.45, 7) is 4.38. The van der Waals surface area contributed by atoms with Crippen LogP contribution in [-0.4, -0.2) is 113 Å². The number of hydrogen-bond donors (Lipinski definition) is 4. The topological polar surface area (TPSA) is 226 Å². The van der Waals surface area contributed by atoms with E-state index in [0.717, 1.165) is 17.6 Å². The predicted octanol–water partition coefficient (Wildman–Crippen LogP) is -2.33. The Balaban J connectivity index is 0.000000334. The number of esters is 1. The Morgan fingerprint density at radius 1 is 1.15 bits per heavy atom. The van der Waals surface area contributed by atoms with Gasteiger partial charge >= 0.3 is 12.1 Å². The Bertz CT molecular complexity index is 1190. The molecule has 0 radical (unpaired) electrons. The van der Waals surface area contributed by atoms with Crippen LogP contribution < -0.4 is 10.8 Å². The Labute approximate surface area is 235 Å². The number of aliphatic carboxylic acids is 1. The molecule has 0 amide bonds. The normalized spacial score (nSPS) is 44.0. The van der Waals surface area contributed by atoms with E-state index in [0.29, 0.717) is 19.4 Å². The lowest BCUT2D eigenvalue weighted by Crippen LogP contribution is -2.70. The van der Waals surface area contributed by atoms with E-state index in [2.05, 4.69) is 6.92 Å². The standard InChI is InChI=1S/C23H26O10.C4H11NO3/c1-9(2)21-15(32-21)16-23(33-16)20(3)5-4-10-11(7-28-17(10)26)12(20)6-13-22(23,31-13)18(21)30-19(27)29-8-14(24)25;5-4(1-6,2-7)3-8/h9,12-13,15-16,18H,4-8H2,1-3H3,(H,24,25);6-8H,1-3,5H2/p-1/t12-,13-,15-,16-,18+,20-,21-,22+,23+;/m0./s1. The highest BCUT2D eigenvalue weighted by Gasteiger charge is 3.01. The van der Waals surface area contributed by atoms with Crippen LogP contribution in [0.15, 0.2) is 11.1 Å². The highest BCUT2D eigenvalue weighted by atomic mass is 16.8. The lowest BCUT2D eigenvalue weighted by atomic mass is 9.46. The lowest BCUT2D eigenvalue weighted by Gasteiger charge is -2.53. The minimum Gasteiger partial charge on any atom is -0.546 e. The van der Waals surface area contributed by atoms with Gasteiger partial charge in [0, 0.05) is 11.0 Å². The summed E-state index contributed by atoms with van der Waals surface area (Å²) in [5.74, 6) is -1.68.